The number of nitrogens with zero attached hydrogens (tertiary/aromatic N) is 1. The zero-order valence-corrected chi connectivity index (χ0v) is 11.3. The van der Waals surface area contributed by atoms with Gasteiger partial charge in [0.15, 0.2) is 0 Å². The lowest BCUT2D eigenvalue weighted by atomic mass is 10.0. The van der Waals surface area contributed by atoms with Crippen molar-refractivity contribution in [3.8, 4) is 0 Å². The number of piperidine rings is 2. The SMILES string of the molecule is C1CC2CCC(C1)N2.CN1[C@@H]2CCC[C@H]1CC2. The highest BCUT2D eigenvalue weighted by atomic mass is 15.2. The normalized spacial score (nSPS) is 44.3. The quantitative estimate of drug-likeness (QED) is 0.695. The van der Waals surface area contributed by atoms with Gasteiger partial charge in [0.2, 0.25) is 0 Å². The van der Waals surface area contributed by atoms with E-state index in [1.807, 2.05) is 0 Å². The van der Waals surface area contributed by atoms with Crippen LogP contribution >= 0.6 is 0 Å². The summed E-state index contributed by atoms with van der Waals surface area (Å²) in [7, 11) is 2.29. The average molecular weight is 236 g/mol. The molecule has 0 aromatic rings. The number of nitrogens with one attached hydrogen (secondary N) is 1. The summed E-state index contributed by atoms with van der Waals surface area (Å²) in [5.41, 5.74) is 0. The Bertz CT molecular complexity index is 223. The Hall–Kier alpha value is -0.0800. The summed E-state index contributed by atoms with van der Waals surface area (Å²) >= 11 is 0. The van der Waals surface area contributed by atoms with E-state index >= 15 is 0 Å². The summed E-state index contributed by atoms with van der Waals surface area (Å²) in [6, 6.07) is 3.75. The Labute approximate surface area is 106 Å². The lowest BCUT2D eigenvalue weighted by molar-refractivity contribution is 0.179. The second-order valence-electron chi connectivity index (χ2n) is 6.55. The summed E-state index contributed by atoms with van der Waals surface area (Å²) in [6.45, 7) is 0. The second kappa shape index (κ2) is 5.27. The molecule has 4 aliphatic heterocycles. The van der Waals surface area contributed by atoms with E-state index in [9.17, 15) is 0 Å². The molecular weight excluding hydrogens is 208 g/mol. The molecule has 4 fully saturated rings. The third kappa shape index (κ3) is 2.68. The second-order valence-corrected chi connectivity index (χ2v) is 6.55. The van der Waals surface area contributed by atoms with Crippen molar-refractivity contribution in [3.63, 3.8) is 0 Å². The van der Waals surface area contributed by atoms with Crippen LogP contribution < -0.4 is 5.32 Å². The molecule has 4 heterocycles. The van der Waals surface area contributed by atoms with Crippen LogP contribution in [0.3, 0.4) is 0 Å². The van der Waals surface area contributed by atoms with Gasteiger partial charge in [0, 0.05) is 24.2 Å². The molecule has 4 saturated heterocycles. The molecule has 0 aromatic heterocycles. The molecule has 0 aliphatic carbocycles. The Kier molecular flexibility index (Phi) is 3.72. The van der Waals surface area contributed by atoms with Crippen LogP contribution in [-0.2, 0) is 0 Å². The van der Waals surface area contributed by atoms with Crippen LogP contribution in [0.25, 0.3) is 0 Å². The highest BCUT2D eigenvalue weighted by Gasteiger charge is 2.33. The highest BCUT2D eigenvalue weighted by Crippen LogP contribution is 2.33. The summed E-state index contributed by atoms with van der Waals surface area (Å²) in [5, 5.41) is 3.59. The topological polar surface area (TPSA) is 15.3 Å². The van der Waals surface area contributed by atoms with Gasteiger partial charge in [-0.2, -0.15) is 0 Å². The van der Waals surface area contributed by atoms with E-state index < -0.39 is 0 Å². The van der Waals surface area contributed by atoms with Crippen molar-refractivity contribution in [1.29, 1.82) is 0 Å². The molecule has 2 unspecified atom stereocenters. The maximum atomic E-state index is 3.59. The molecule has 4 atom stereocenters. The van der Waals surface area contributed by atoms with Crippen LogP contribution in [0.4, 0.5) is 0 Å². The van der Waals surface area contributed by atoms with Crippen LogP contribution in [0.5, 0.6) is 0 Å². The zero-order chi connectivity index (χ0) is 11.7. The third-order valence-corrected chi connectivity index (χ3v) is 5.50. The predicted octanol–water partition coefficient (Wildman–Crippen LogP) is 2.92. The minimum Gasteiger partial charge on any atom is -0.311 e. The molecule has 4 rings (SSSR count). The lowest BCUT2D eigenvalue weighted by Gasteiger charge is -2.30. The molecule has 1 N–H and O–H groups in total. The molecule has 0 radical (unpaired) electrons. The minimum atomic E-state index is 0.911. The fourth-order valence-corrected chi connectivity index (χ4v) is 4.34. The van der Waals surface area contributed by atoms with Crippen LogP contribution in [0.15, 0.2) is 0 Å². The van der Waals surface area contributed by atoms with Crippen molar-refractivity contribution in [2.45, 2.75) is 88.4 Å². The van der Waals surface area contributed by atoms with Crippen LogP contribution in [-0.4, -0.2) is 36.1 Å². The molecule has 4 bridgehead atoms. The third-order valence-electron chi connectivity index (χ3n) is 5.50. The molecule has 4 aliphatic rings. The molecule has 2 heteroatoms. The molecule has 0 amide bonds. The number of rotatable bonds is 0. The Morgan fingerprint density at radius 2 is 1.24 bits per heavy atom. The van der Waals surface area contributed by atoms with Gasteiger partial charge in [0.1, 0.15) is 0 Å². The average Bonchev–Trinajstić information content (AvgIpc) is 2.77. The van der Waals surface area contributed by atoms with Gasteiger partial charge in [-0.25, -0.2) is 0 Å². The zero-order valence-electron chi connectivity index (χ0n) is 11.3. The van der Waals surface area contributed by atoms with E-state index in [2.05, 4.69) is 17.3 Å². The Morgan fingerprint density at radius 3 is 1.71 bits per heavy atom. The fourth-order valence-electron chi connectivity index (χ4n) is 4.34. The van der Waals surface area contributed by atoms with E-state index in [0.29, 0.717) is 0 Å². The van der Waals surface area contributed by atoms with Gasteiger partial charge >= 0.3 is 0 Å². The lowest BCUT2D eigenvalue weighted by Crippen LogP contribution is -2.35. The van der Waals surface area contributed by atoms with E-state index in [1.54, 1.807) is 0 Å². The highest BCUT2D eigenvalue weighted by molar-refractivity contribution is 4.89. The molecule has 0 spiro atoms. The Balaban J connectivity index is 0.000000107. The van der Waals surface area contributed by atoms with Gasteiger partial charge < -0.3 is 10.2 Å². The van der Waals surface area contributed by atoms with E-state index in [-0.39, 0.29) is 0 Å². The molecule has 0 aromatic carbocycles. The summed E-state index contributed by atoms with van der Waals surface area (Å²) in [6.07, 6.45) is 14.6. The van der Waals surface area contributed by atoms with Crippen molar-refractivity contribution in [3.05, 3.63) is 0 Å². The van der Waals surface area contributed by atoms with Gasteiger partial charge in [-0.05, 0) is 58.4 Å². The van der Waals surface area contributed by atoms with Gasteiger partial charge in [0.05, 0.1) is 0 Å². The number of fused-ring (bicyclic) bond motifs is 4. The maximum absolute atomic E-state index is 3.59. The first-order valence-corrected chi connectivity index (χ1v) is 7.81. The van der Waals surface area contributed by atoms with Crippen LogP contribution in [0, 0.1) is 0 Å². The first-order valence-electron chi connectivity index (χ1n) is 7.81. The first kappa shape index (κ1) is 12.0. The Morgan fingerprint density at radius 1 is 0.706 bits per heavy atom. The van der Waals surface area contributed by atoms with Crippen molar-refractivity contribution < 1.29 is 0 Å². The molecular formula is C15H28N2. The van der Waals surface area contributed by atoms with Crippen LogP contribution in [0.2, 0.25) is 0 Å². The van der Waals surface area contributed by atoms with E-state index in [0.717, 1.165) is 24.2 Å². The molecule has 2 nitrogen and oxygen atoms in total. The number of hydrogen-bond acceptors (Lipinski definition) is 2. The standard InChI is InChI=1S/C8H15N.C7H13N/c1-9-7-3-2-4-8(9)6-5-7;1-2-6-4-5-7(3-1)8-6/h7-8H,2-6H2,1H3;6-8H,1-5H2/t7-,8+;. The van der Waals surface area contributed by atoms with Crippen LogP contribution in [0.1, 0.15) is 64.2 Å². The maximum Gasteiger partial charge on any atom is 0.00957 e. The largest absolute Gasteiger partial charge is 0.311 e. The van der Waals surface area contributed by atoms with Gasteiger partial charge in [0.25, 0.3) is 0 Å². The minimum absolute atomic E-state index is 0.911. The van der Waals surface area contributed by atoms with Crippen molar-refractivity contribution in [2.75, 3.05) is 7.05 Å². The van der Waals surface area contributed by atoms with E-state index in [4.69, 9.17) is 0 Å². The van der Waals surface area contributed by atoms with Gasteiger partial charge in [-0.1, -0.05) is 12.8 Å². The van der Waals surface area contributed by atoms with Crippen molar-refractivity contribution in [2.24, 2.45) is 0 Å². The van der Waals surface area contributed by atoms with E-state index in [1.165, 1.54) is 64.2 Å². The molecule has 17 heavy (non-hydrogen) atoms. The van der Waals surface area contributed by atoms with Crippen molar-refractivity contribution >= 4 is 0 Å². The van der Waals surface area contributed by atoms with Gasteiger partial charge in [-0.15, -0.1) is 0 Å². The first-order chi connectivity index (χ1) is 8.33. The fraction of sp³-hybridized carbons (Fsp3) is 1.00. The number of hydrogen-bond donors (Lipinski definition) is 1. The smallest absolute Gasteiger partial charge is 0.00957 e. The predicted molar refractivity (Wildman–Crippen MR) is 72.2 cm³/mol. The molecule has 0 saturated carbocycles. The van der Waals surface area contributed by atoms with Crippen molar-refractivity contribution in [1.82, 2.24) is 10.2 Å². The monoisotopic (exact) mass is 236 g/mol. The van der Waals surface area contributed by atoms with Gasteiger partial charge in [-0.3, -0.25) is 0 Å². The summed E-state index contributed by atoms with van der Waals surface area (Å²) in [5.74, 6) is 0. The summed E-state index contributed by atoms with van der Waals surface area (Å²) < 4.78 is 0. The molecule has 98 valence electrons. The summed E-state index contributed by atoms with van der Waals surface area (Å²) in [4.78, 5) is 2.59.